The summed E-state index contributed by atoms with van der Waals surface area (Å²) in [5, 5.41) is 30.0. The minimum atomic E-state index is -0.968. The first-order valence-corrected chi connectivity index (χ1v) is 12.1. The molecule has 5 nitrogen and oxygen atoms in total. The van der Waals surface area contributed by atoms with Gasteiger partial charge in [-0.25, -0.2) is 0 Å². The van der Waals surface area contributed by atoms with Crippen LogP contribution in [-0.2, 0) is 16.0 Å². The van der Waals surface area contributed by atoms with Crippen LogP contribution in [0.2, 0.25) is 0 Å². The second kappa shape index (κ2) is 12.4. The molecule has 1 aliphatic heterocycles. The van der Waals surface area contributed by atoms with E-state index in [1.165, 1.54) is 56.9 Å². The molecule has 0 saturated carbocycles. The van der Waals surface area contributed by atoms with Crippen molar-refractivity contribution < 1.29 is 24.9 Å². The minimum Gasteiger partial charge on any atom is -0.508 e. The zero-order valence-electron chi connectivity index (χ0n) is 19.4. The van der Waals surface area contributed by atoms with Crippen molar-refractivity contribution >= 4 is 5.97 Å². The largest absolute Gasteiger partial charge is 0.508 e. The molecule has 2 rings (SSSR count). The number of ether oxygens (including phenoxy) is 1. The lowest BCUT2D eigenvalue weighted by atomic mass is 9.83. The molecule has 176 valence electrons. The normalized spacial score (nSPS) is 23.0. The Morgan fingerprint density at radius 2 is 1.48 bits per heavy atom. The van der Waals surface area contributed by atoms with Gasteiger partial charge >= 0.3 is 5.97 Å². The van der Waals surface area contributed by atoms with Gasteiger partial charge in [-0.15, -0.1) is 0 Å². The van der Waals surface area contributed by atoms with E-state index < -0.39 is 17.3 Å². The molecule has 0 radical (unpaired) electrons. The number of carbonyl (C=O) groups is 1. The molecule has 1 aromatic carbocycles. The van der Waals surface area contributed by atoms with E-state index in [9.17, 15) is 20.1 Å². The molecular weight excluding hydrogens is 392 g/mol. The van der Waals surface area contributed by atoms with Gasteiger partial charge in [0.05, 0.1) is 12.0 Å². The van der Waals surface area contributed by atoms with Crippen LogP contribution in [0, 0.1) is 0 Å². The summed E-state index contributed by atoms with van der Waals surface area (Å²) >= 11 is 0. The summed E-state index contributed by atoms with van der Waals surface area (Å²) in [6.07, 6.45) is 13.3. The van der Waals surface area contributed by atoms with Gasteiger partial charge in [0.1, 0.15) is 17.5 Å². The minimum absolute atomic E-state index is 0.0188. The molecule has 3 atom stereocenters. The maximum absolute atomic E-state index is 11.4. The van der Waals surface area contributed by atoms with Crippen molar-refractivity contribution in [1.29, 1.82) is 0 Å². The Balaban J connectivity index is 1.42. The van der Waals surface area contributed by atoms with Crippen LogP contribution >= 0.6 is 0 Å². The number of rotatable bonds is 15. The fourth-order valence-corrected chi connectivity index (χ4v) is 4.65. The van der Waals surface area contributed by atoms with Gasteiger partial charge in [-0.05, 0) is 50.8 Å². The summed E-state index contributed by atoms with van der Waals surface area (Å²) in [5.74, 6) is -0.0529. The second-order valence-electron chi connectivity index (χ2n) is 9.88. The summed E-state index contributed by atoms with van der Waals surface area (Å²) in [6.45, 7) is 3.49. The second-order valence-corrected chi connectivity index (χ2v) is 9.88. The van der Waals surface area contributed by atoms with Crippen LogP contribution < -0.4 is 0 Å². The topological polar surface area (TPSA) is 87.0 Å². The Morgan fingerprint density at radius 3 is 2.00 bits per heavy atom. The Hall–Kier alpha value is -1.59. The molecule has 1 aliphatic rings. The number of carbonyl (C=O) groups excluding carboxylic acids is 1. The molecule has 1 fully saturated rings. The fraction of sp³-hybridized carbons (Fsp3) is 0.731. The zero-order chi connectivity index (χ0) is 22.7. The van der Waals surface area contributed by atoms with Crippen molar-refractivity contribution in [3.05, 3.63) is 29.8 Å². The SMILES string of the molecule is C[C@](O)(CCCCCCCCCCCCc1ccc(O)cc1)C[C@]1(C)OC(=O)C[C@@H]1O. The highest BCUT2D eigenvalue weighted by Gasteiger charge is 2.48. The van der Waals surface area contributed by atoms with Crippen LogP contribution in [0.25, 0.3) is 0 Å². The van der Waals surface area contributed by atoms with E-state index in [0.717, 1.165) is 19.3 Å². The number of phenols is 1. The maximum Gasteiger partial charge on any atom is 0.309 e. The quantitative estimate of drug-likeness (QED) is 0.253. The molecule has 0 aromatic heterocycles. The molecule has 3 N–H and O–H groups in total. The Bertz CT molecular complexity index is 654. The number of aryl methyl sites for hydroxylation is 1. The van der Waals surface area contributed by atoms with Crippen molar-refractivity contribution in [1.82, 2.24) is 0 Å². The first-order valence-electron chi connectivity index (χ1n) is 12.1. The van der Waals surface area contributed by atoms with Crippen molar-refractivity contribution in [3.8, 4) is 5.75 Å². The third-order valence-electron chi connectivity index (χ3n) is 6.51. The number of unbranched alkanes of at least 4 members (excludes halogenated alkanes) is 9. The smallest absolute Gasteiger partial charge is 0.309 e. The predicted octanol–water partition coefficient (Wildman–Crippen LogP) is 5.43. The lowest BCUT2D eigenvalue weighted by Crippen LogP contribution is -2.44. The predicted molar refractivity (Wildman–Crippen MR) is 123 cm³/mol. The molecule has 0 unspecified atom stereocenters. The van der Waals surface area contributed by atoms with Crippen LogP contribution in [0.4, 0.5) is 0 Å². The van der Waals surface area contributed by atoms with Gasteiger partial charge in [0.25, 0.3) is 0 Å². The first kappa shape index (κ1) is 25.7. The van der Waals surface area contributed by atoms with Crippen molar-refractivity contribution in [2.24, 2.45) is 0 Å². The van der Waals surface area contributed by atoms with E-state index in [1.54, 1.807) is 26.0 Å². The summed E-state index contributed by atoms with van der Waals surface area (Å²) in [4.78, 5) is 11.4. The molecule has 0 bridgehead atoms. The van der Waals surface area contributed by atoms with Crippen LogP contribution in [0.3, 0.4) is 0 Å². The van der Waals surface area contributed by atoms with E-state index >= 15 is 0 Å². The van der Waals surface area contributed by atoms with Gasteiger partial charge in [0, 0.05) is 6.42 Å². The van der Waals surface area contributed by atoms with E-state index in [2.05, 4.69) is 0 Å². The highest BCUT2D eigenvalue weighted by atomic mass is 16.6. The summed E-state index contributed by atoms with van der Waals surface area (Å²) in [5.41, 5.74) is -0.600. The molecule has 1 saturated heterocycles. The number of aliphatic hydroxyl groups is 2. The molecule has 1 aromatic rings. The number of cyclic esters (lactones) is 1. The van der Waals surface area contributed by atoms with Crippen LogP contribution in [0.5, 0.6) is 5.75 Å². The van der Waals surface area contributed by atoms with Gasteiger partial charge in [-0.3, -0.25) is 4.79 Å². The molecule has 0 aliphatic carbocycles. The molecule has 31 heavy (non-hydrogen) atoms. The number of phenolic OH excluding ortho intramolecular Hbond substituents is 1. The van der Waals surface area contributed by atoms with E-state index in [-0.39, 0.29) is 18.8 Å². The third-order valence-corrected chi connectivity index (χ3v) is 6.51. The molecule has 0 amide bonds. The monoisotopic (exact) mass is 434 g/mol. The number of benzene rings is 1. The number of esters is 1. The lowest BCUT2D eigenvalue weighted by Gasteiger charge is -2.34. The highest BCUT2D eigenvalue weighted by Crippen LogP contribution is 2.36. The van der Waals surface area contributed by atoms with Gasteiger partial charge in [0.15, 0.2) is 0 Å². The summed E-state index contributed by atoms with van der Waals surface area (Å²) in [7, 11) is 0. The number of hydrogen-bond acceptors (Lipinski definition) is 5. The fourth-order valence-electron chi connectivity index (χ4n) is 4.65. The number of aromatic hydroxyl groups is 1. The Labute approximate surface area is 187 Å². The third kappa shape index (κ3) is 9.61. The van der Waals surface area contributed by atoms with Gasteiger partial charge in [0.2, 0.25) is 0 Å². The van der Waals surface area contributed by atoms with Crippen LogP contribution in [-0.4, -0.2) is 38.6 Å². The van der Waals surface area contributed by atoms with Crippen LogP contribution in [0.15, 0.2) is 24.3 Å². The van der Waals surface area contributed by atoms with Crippen molar-refractivity contribution in [2.75, 3.05) is 0 Å². The van der Waals surface area contributed by atoms with E-state index in [0.29, 0.717) is 12.2 Å². The Kier molecular flexibility index (Phi) is 10.3. The first-order chi connectivity index (χ1) is 14.7. The van der Waals surface area contributed by atoms with E-state index in [1.807, 2.05) is 12.1 Å². The zero-order valence-corrected chi connectivity index (χ0v) is 19.4. The Morgan fingerprint density at radius 1 is 0.968 bits per heavy atom. The average molecular weight is 435 g/mol. The summed E-state index contributed by atoms with van der Waals surface area (Å²) in [6, 6.07) is 7.52. The van der Waals surface area contributed by atoms with Crippen molar-refractivity contribution in [3.63, 3.8) is 0 Å². The van der Waals surface area contributed by atoms with E-state index in [4.69, 9.17) is 4.74 Å². The number of aliphatic hydroxyl groups excluding tert-OH is 1. The maximum atomic E-state index is 11.4. The highest BCUT2D eigenvalue weighted by molar-refractivity contribution is 5.73. The van der Waals surface area contributed by atoms with Crippen LogP contribution in [0.1, 0.15) is 103 Å². The molecule has 0 spiro atoms. The molecule has 5 heteroatoms. The van der Waals surface area contributed by atoms with Gasteiger partial charge in [-0.1, -0.05) is 69.9 Å². The standard InChI is InChI=1S/C26H42O5/c1-25(30,20-26(2)23(28)19-24(29)31-26)18-12-10-8-6-4-3-5-7-9-11-13-21-14-16-22(27)17-15-21/h14-17,23,27-28,30H,3-13,18-20H2,1-2H3/t23-,25-,26-/m0/s1. The lowest BCUT2D eigenvalue weighted by molar-refractivity contribution is -0.155. The number of hydrogen-bond donors (Lipinski definition) is 3. The molecule has 1 heterocycles. The molecular formula is C26H42O5. The summed E-state index contributed by atoms with van der Waals surface area (Å²) < 4.78 is 5.27. The van der Waals surface area contributed by atoms with Gasteiger partial charge in [-0.2, -0.15) is 0 Å². The van der Waals surface area contributed by atoms with Crippen molar-refractivity contribution in [2.45, 2.75) is 121 Å². The average Bonchev–Trinajstić information content (AvgIpc) is 2.94. The van der Waals surface area contributed by atoms with Gasteiger partial charge < -0.3 is 20.1 Å².